The third-order valence-electron chi connectivity index (χ3n) is 2.67. The smallest absolute Gasteiger partial charge is 0.219 e. The molecular weight excluding hydrogens is 262 g/mol. The van der Waals surface area contributed by atoms with Crippen molar-refractivity contribution in [2.45, 2.75) is 19.9 Å². The summed E-state index contributed by atoms with van der Waals surface area (Å²) in [6.07, 6.45) is 2.68. The fraction of sp³-hybridized carbons (Fsp3) is 0.267. The van der Waals surface area contributed by atoms with Crippen LogP contribution in [0.5, 0.6) is 11.6 Å². The third-order valence-corrected chi connectivity index (χ3v) is 2.67. The average molecular weight is 278 g/mol. The maximum atomic E-state index is 13.1. The number of ether oxygens (including phenoxy) is 1. The van der Waals surface area contributed by atoms with Crippen molar-refractivity contribution in [3.05, 3.63) is 53.7 Å². The monoisotopic (exact) mass is 278 g/mol. The number of halogens is 2. The molecule has 0 spiro atoms. The van der Waals surface area contributed by atoms with Gasteiger partial charge in [-0.15, -0.1) is 0 Å². The van der Waals surface area contributed by atoms with Crippen LogP contribution in [0.4, 0.5) is 8.78 Å². The summed E-state index contributed by atoms with van der Waals surface area (Å²) >= 11 is 0. The Morgan fingerprint density at radius 2 is 2.00 bits per heavy atom. The molecule has 0 fully saturated rings. The van der Waals surface area contributed by atoms with Crippen LogP contribution in [0.25, 0.3) is 0 Å². The lowest BCUT2D eigenvalue weighted by atomic mass is 10.2. The molecule has 0 unspecified atom stereocenters. The lowest BCUT2D eigenvalue weighted by molar-refractivity contribution is 0.447. The van der Waals surface area contributed by atoms with E-state index in [1.165, 1.54) is 6.07 Å². The second-order valence-electron chi connectivity index (χ2n) is 4.36. The highest BCUT2D eigenvalue weighted by molar-refractivity contribution is 5.29. The lowest BCUT2D eigenvalue weighted by Crippen LogP contribution is -2.13. The highest BCUT2D eigenvalue weighted by Gasteiger charge is 2.05. The Labute approximate surface area is 116 Å². The van der Waals surface area contributed by atoms with Crippen molar-refractivity contribution in [2.75, 3.05) is 6.54 Å². The SMILES string of the molecule is CCCNCc1ccnc(Oc2ccc(F)c(F)c2)c1. The first-order chi connectivity index (χ1) is 9.69. The highest BCUT2D eigenvalue weighted by Crippen LogP contribution is 2.22. The molecule has 0 atom stereocenters. The number of aromatic nitrogens is 1. The molecule has 0 saturated carbocycles. The molecule has 2 aromatic rings. The largest absolute Gasteiger partial charge is 0.439 e. The molecule has 0 bridgehead atoms. The fourth-order valence-corrected chi connectivity index (χ4v) is 1.69. The van der Waals surface area contributed by atoms with Gasteiger partial charge in [-0.2, -0.15) is 0 Å². The van der Waals surface area contributed by atoms with Crippen LogP contribution in [0.1, 0.15) is 18.9 Å². The summed E-state index contributed by atoms with van der Waals surface area (Å²) in [5, 5.41) is 3.27. The Morgan fingerprint density at radius 1 is 1.15 bits per heavy atom. The summed E-state index contributed by atoms with van der Waals surface area (Å²) in [6, 6.07) is 7.03. The molecule has 1 heterocycles. The molecule has 0 aliphatic heterocycles. The predicted molar refractivity (Wildman–Crippen MR) is 72.7 cm³/mol. The zero-order valence-corrected chi connectivity index (χ0v) is 11.2. The normalized spacial score (nSPS) is 10.6. The Bertz CT molecular complexity index is 576. The van der Waals surface area contributed by atoms with Crippen molar-refractivity contribution in [3.63, 3.8) is 0 Å². The molecular formula is C15H16F2N2O. The van der Waals surface area contributed by atoms with Crippen molar-refractivity contribution >= 4 is 0 Å². The zero-order valence-electron chi connectivity index (χ0n) is 11.2. The minimum Gasteiger partial charge on any atom is -0.439 e. The third kappa shape index (κ3) is 3.99. The van der Waals surface area contributed by atoms with Crippen LogP contribution in [-0.4, -0.2) is 11.5 Å². The summed E-state index contributed by atoms with van der Waals surface area (Å²) in [6.45, 7) is 3.74. The first-order valence-corrected chi connectivity index (χ1v) is 6.47. The van der Waals surface area contributed by atoms with Crippen LogP contribution in [0.2, 0.25) is 0 Å². The Morgan fingerprint density at radius 3 is 2.75 bits per heavy atom. The lowest BCUT2D eigenvalue weighted by Gasteiger charge is -2.07. The van der Waals surface area contributed by atoms with Crippen molar-refractivity contribution in [3.8, 4) is 11.6 Å². The molecule has 0 aliphatic carbocycles. The van der Waals surface area contributed by atoms with Gasteiger partial charge in [0.25, 0.3) is 0 Å². The number of benzene rings is 1. The van der Waals surface area contributed by atoms with Gasteiger partial charge in [0.15, 0.2) is 11.6 Å². The van der Waals surface area contributed by atoms with Gasteiger partial charge in [0, 0.05) is 24.9 Å². The molecule has 0 aliphatic rings. The van der Waals surface area contributed by atoms with Crippen LogP contribution in [0, 0.1) is 11.6 Å². The standard InChI is InChI=1S/C15H16F2N2O/c1-2-6-18-10-11-5-7-19-15(8-11)20-12-3-4-13(16)14(17)9-12/h3-5,7-9,18H,2,6,10H2,1H3. The number of pyridine rings is 1. The maximum Gasteiger partial charge on any atom is 0.219 e. The molecule has 1 aromatic carbocycles. The van der Waals surface area contributed by atoms with E-state index in [0.717, 1.165) is 30.7 Å². The Hall–Kier alpha value is -2.01. The van der Waals surface area contributed by atoms with Gasteiger partial charge in [0.2, 0.25) is 5.88 Å². The van der Waals surface area contributed by atoms with Crippen LogP contribution < -0.4 is 10.1 Å². The van der Waals surface area contributed by atoms with E-state index in [9.17, 15) is 8.78 Å². The van der Waals surface area contributed by atoms with Gasteiger partial charge in [-0.05, 0) is 36.7 Å². The van der Waals surface area contributed by atoms with Crippen molar-refractivity contribution in [2.24, 2.45) is 0 Å². The van der Waals surface area contributed by atoms with Crippen LogP contribution in [0.3, 0.4) is 0 Å². The molecule has 0 saturated heterocycles. The summed E-state index contributed by atoms with van der Waals surface area (Å²) in [5.74, 6) is -1.27. The topological polar surface area (TPSA) is 34.2 Å². The first kappa shape index (κ1) is 14.4. The second-order valence-corrected chi connectivity index (χ2v) is 4.36. The van der Waals surface area contributed by atoms with E-state index in [0.29, 0.717) is 12.4 Å². The molecule has 2 rings (SSSR count). The van der Waals surface area contributed by atoms with E-state index in [1.54, 1.807) is 12.3 Å². The van der Waals surface area contributed by atoms with Gasteiger partial charge in [0.1, 0.15) is 5.75 Å². The van der Waals surface area contributed by atoms with E-state index < -0.39 is 11.6 Å². The van der Waals surface area contributed by atoms with Crippen LogP contribution >= 0.6 is 0 Å². The summed E-state index contributed by atoms with van der Waals surface area (Å²) in [4.78, 5) is 4.05. The number of rotatable bonds is 6. The Kier molecular flexibility index (Phi) is 5.01. The van der Waals surface area contributed by atoms with Gasteiger partial charge in [-0.1, -0.05) is 6.92 Å². The van der Waals surface area contributed by atoms with Crippen molar-refractivity contribution in [1.29, 1.82) is 0 Å². The van der Waals surface area contributed by atoms with E-state index in [2.05, 4.69) is 17.2 Å². The first-order valence-electron chi connectivity index (χ1n) is 6.47. The van der Waals surface area contributed by atoms with Crippen molar-refractivity contribution in [1.82, 2.24) is 10.3 Å². The number of nitrogens with one attached hydrogen (secondary N) is 1. The van der Waals surface area contributed by atoms with Gasteiger partial charge < -0.3 is 10.1 Å². The highest BCUT2D eigenvalue weighted by atomic mass is 19.2. The number of nitrogens with zero attached hydrogens (tertiary/aromatic N) is 1. The number of hydrogen-bond donors (Lipinski definition) is 1. The van der Waals surface area contributed by atoms with Gasteiger partial charge in [0.05, 0.1) is 0 Å². The molecule has 106 valence electrons. The Balaban J connectivity index is 2.05. The predicted octanol–water partition coefficient (Wildman–Crippen LogP) is 3.65. The average Bonchev–Trinajstić information content (AvgIpc) is 2.44. The van der Waals surface area contributed by atoms with E-state index in [1.807, 2.05) is 6.07 Å². The molecule has 5 heteroatoms. The second kappa shape index (κ2) is 6.96. The molecule has 0 radical (unpaired) electrons. The van der Waals surface area contributed by atoms with E-state index in [-0.39, 0.29) is 5.75 Å². The summed E-state index contributed by atoms with van der Waals surface area (Å²) < 4.78 is 31.3. The number of hydrogen-bond acceptors (Lipinski definition) is 3. The molecule has 1 N–H and O–H groups in total. The van der Waals surface area contributed by atoms with E-state index >= 15 is 0 Å². The molecule has 0 amide bonds. The fourth-order valence-electron chi connectivity index (χ4n) is 1.69. The quantitative estimate of drug-likeness (QED) is 0.819. The minimum atomic E-state index is -0.941. The van der Waals surface area contributed by atoms with Gasteiger partial charge in [-0.3, -0.25) is 0 Å². The minimum absolute atomic E-state index is 0.218. The van der Waals surface area contributed by atoms with Gasteiger partial charge >= 0.3 is 0 Å². The van der Waals surface area contributed by atoms with Crippen LogP contribution in [-0.2, 0) is 6.54 Å². The van der Waals surface area contributed by atoms with Crippen molar-refractivity contribution < 1.29 is 13.5 Å². The molecule has 3 nitrogen and oxygen atoms in total. The summed E-state index contributed by atoms with van der Waals surface area (Å²) in [7, 11) is 0. The molecule has 1 aromatic heterocycles. The maximum absolute atomic E-state index is 13.1. The molecule has 20 heavy (non-hydrogen) atoms. The van der Waals surface area contributed by atoms with Gasteiger partial charge in [-0.25, -0.2) is 13.8 Å². The summed E-state index contributed by atoms with van der Waals surface area (Å²) in [5.41, 5.74) is 1.02. The zero-order chi connectivity index (χ0) is 14.4. The van der Waals surface area contributed by atoms with E-state index in [4.69, 9.17) is 4.74 Å². The van der Waals surface area contributed by atoms with Crippen LogP contribution in [0.15, 0.2) is 36.5 Å².